The molecule has 0 amide bonds. The van der Waals surface area contributed by atoms with Gasteiger partial charge in [0, 0.05) is 0 Å². The van der Waals surface area contributed by atoms with Crippen molar-refractivity contribution in [3.8, 4) is 0 Å². The fourth-order valence-electron chi connectivity index (χ4n) is 2.37. The second-order valence-electron chi connectivity index (χ2n) is 6.59. The molecule has 0 spiro atoms. The minimum absolute atomic E-state index is 0. The molecule has 2 rings (SSSR count). The van der Waals surface area contributed by atoms with Crippen LogP contribution >= 0.6 is 0 Å². The second kappa shape index (κ2) is 11.1. The van der Waals surface area contributed by atoms with Gasteiger partial charge in [-0.3, -0.25) is 0 Å². The smallest absolute Gasteiger partial charge is 0.0185 e. The van der Waals surface area contributed by atoms with Crippen molar-refractivity contribution in [2.45, 2.75) is 60.3 Å². The van der Waals surface area contributed by atoms with Gasteiger partial charge in [-0.2, -0.15) is 0 Å². The summed E-state index contributed by atoms with van der Waals surface area (Å²) in [5.74, 6) is 2.07. The third kappa shape index (κ3) is 8.02. The Hall–Kier alpha value is -1.56. The predicted molar refractivity (Wildman–Crippen MR) is 102 cm³/mol. The normalized spacial score (nSPS) is 12.6. The van der Waals surface area contributed by atoms with Gasteiger partial charge in [-0.25, -0.2) is 0 Å². The van der Waals surface area contributed by atoms with Crippen LogP contribution in [0, 0.1) is 5.92 Å². The molecule has 0 heteroatoms. The zero-order valence-electron chi connectivity index (χ0n) is 14.2. The van der Waals surface area contributed by atoms with E-state index in [-0.39, 0.29) is 7.43 Å². The van der Waals surface area contributed by atoms with Crippen molar-refractivity contribution in [1.82, 2.24) is 0 Å². The number of hydrogen-bond acceptors (Lipinski definition) is 0. The van der Waals surface area contributed by atoms with Crippen molar-refractivity contribution >= 4 is 0 Å². The van der Waals surface area contributed by atoms with E-state index in [0.29, 0.717) is 11.8 Å². The van der Waals surface area contributed by atoms with Crippen molar-refractivity contribution in [2.75, 3.05) is 0 Å². The molecule has 122 valence electrons. The number of hydrogen-bond donors (Lipinski definition) is 0. The van der Waals surface area contributed by atoms with Crippen LogP contribution in [0.3, 0.4) is 0 Å². The first-order chi connectivity index (χ1) is 10.0. The van der Waals surface area contributed by atoms with Gasteiger partial charge >= 0.3 is 0 Å². The average molecular weight is 299 g/mol. The minimum atomic E-state index is 0. The molecule has 2 aromatic carbocycles. The Labute approximate surface area is 138 Å². The van der Waals surface area contributed by atoms with Crippen molar-refractivity contribution in [2.24, 2.45) is 5.92 Å². The summed E-state index contributed by atoms with van der Waals surface area (Å²) in [6.45, 7) is 11.1. The summed E-state index contributed by atoms with van der Waals surface area (Å²) in [5.41, 5.74) is 2.88. The first-order valence-corrected chi connectivity index (χ1v) is 8.10. The lowest BCUT2D eigenvalue weighted by Gasteiger charge is -2.18. The van der Waals surface area contributed by atoms with Gasteiger partial charge in [0.05, 0.1) is 0 Å². The van der Waals surface area contributed by atoms with Crippen LogP contribution < -0.4 is 0 Å². The molecule has 0 saturated carbocycles. The molecule has 0 N–H and O–H groups in total. The first kappa shape index (κ1) is 20.4. The summed E-state index contributed by atoms with van der Waals surface area (Å²) < 4.78 is 0. The van der Waals surface area contributed by atoms with Crippen LogP contribution in [0.15, 0.2) is 60.7 Å². The van der Waals surface area contributed by atoms with E-state index >= 15 is 0 Å². The fourth-order valence-corrected chi connectivity index (χ4v) is 2.37. The van der Waals surface area contributed by atoms with Crippen molar-refractivity contribution in [3.05, 3.63) is 71.8 Å². The van der Waals surface area contributed by atoms with E-state index in [1.54, 1.807) is 0 Å². The Bertz CT molecular complexity index is 424. The Morgan fingerprint density at radius 2 is 0.864 bits per heavy atom. The maximum Gasteiger partial charge on any atom is -0.0185 e. The lowest BCUT2D eigenvalue weighted by molar-refractivity contribution is 0.593. The SMILES string of the molecule is C.CC(C)C.CC(CC(C)c1ccccc1)c1ccccc1. The molecule has 0 aliphatic heterocycles. The van der Waals surface area contributed by atoms with E-state index in [1.807, 2.05) is 0 Å². The Morgan fingerprint density at radius 1 is 0.591 bits per heavy atom. The van der Waals surface area contributed by atoms with Gasteiger partial charge in [0.25, 0.3) is 0 Å². The highest BCUT2D eigenvalue weighted by molar-refractivity contribution is 5.22. The van der Waals surface area contributed by atoms with Gasteiger partial charge in [0.15, 0.2) is 0 Å². The zero-order chi connectivity index (χ0) is 15.7. The van der Waals surface area contributed by atoms with Crippen molar-refractivity contribution < 1.29 is 0 Å². The molecular formula is C22H34. The van der Waals surface area contributed by atoms with E-state index < -0.39 is 0 Å². The summed E-state index contributed by atoms with van der Waals surface area (Å²) in [4.78, 5) is 0. The van der Waals surface area contributed by atoms with Crippen molar-refractivity contribution in [3.63, 3.8) is 0 Å². The van der Waals surface area contributed by atoms with Gasteiger partial charge in [-0.15, -0.1) is 0 Å². The second-order valence-corrected chi connectivity index (χ2v) is 6.59. The Kier molecular flexibility index (Phi) is 10.3. The van der Waals surface area contributed by atoms with Crippen LogP contribution in [-0.2, 0) is 0 Å². The molecular weight excluding hydrogens is 264 g/mol. The molecule has 0 nitrogen and oxygen atoms in total. The van der Waals surface area contributed by atoms with Gasteiger partial charge in [0.1, 0.15) is 0 Å². The average Bonchev–Trinajstić information content (AvgIpc) is 2.48. The van der Waals surface area contributed by atoms with Crippen LogP contribution in [0.25, 0.3) is 0 Å². The molecule has 0 aliphatic carbocycles. The number of benzene rings is 2. The maximum atomic E-state index is 2.31. The minimum Gasteiger partial charge on any atom is -0.0776 e. The molecule has 0 aromatic heterocycles. The third-order valence-electron chi connectivity index (χ3n) is 3.44. The molecule has 0 fully saturated rings. The van der Waals surface area contributed by atoms with Crippen LogP contribution in [-0.4, -0.2) is 0 Å². The molecule has 0 bridgehead atoms. The van der Waals surface area contributed by atoms with Gasteiger partial charge in [-0.1, -0.05) is 103 Å². The largest absolute Gasteiger partial charge is 0.0776 e. The van der Waals surface area contributed by atoms with Crippen LogP contribution in [0.4, 0.5) is 0 Å². The molecule has 2 aromatic rings. The lowest BCUT2D eigenvalue weighted by atomic mass is 9.87. The van der Waals surface area contributed by atoms with E-state index in [4.69, 9.17) is 0 Å². The summed E-state index contributed by atoms with van der Waals surface area (Å²) in [5, 5.41) is 0. The molecule has 22 heavy (non-hydrogen) atoms. The Morgan fingerprint density at radius 3 is 1.14 bits per heavy atom. The summed E-state index contributed by atoms with van der Waals surface area (Å²) in [7, 11) is 0. The zero-order valence-corrected chi connectivity index (χ0v) is 14.2. The predicted octanol–water partition coefficient (Wildman–Crippen LogP) is 7.28. The molecule has 2 atom stereocenters. The highest BCUT2D eigenvalue weighted by Gasteiger charge is 2.11. The van der Waals surface area contributed by atoms with E-state index in [0.717, 1.165) is 5.92 Å². The molecule has 0 radical (unpaired) electrons. The van der Waals surface area contributed by atoms with Crippen LogP contribution in [0.2, 0.25) is 0 Å². The van der Waals surface area contributed by atoms with Gasteiger partial charge in [-0.05, 0) is 35.3 Å². The topological polar surface area (TPSA) is 0 Å². The summed E-state index contributed by atoms with van der Waals surface area (Å²) in [6.07, 6.45) is 1.20. The van der Waals surface area contributed by atoms with Crippen molar-refractivity contribution in [1.29, 1.82) is 0 Å². The standard InChI is InChI=1S/C17H20.C4H10.CH4/c1-14(16-9-5-3-6-10-16)13-15(2)17-11-7-4-8-12-17;1-4(2)3;/h3-12,14-15H,13H2,1-2H3;4H,1-3H3;1H4. The maximum absolute atomic E-state index is 2.31. The molecule has 0 saturated heterocycles. The fraction of sp³-hybridized carbons (Fsp3) is 0.455. The quantitative estimate of drug-likeness (QED) is 0.556. The summed E-state index contributed by atoms with van der Waals surface area (Å²) in [6, 6.07) is 21.6. The highest BCUT2D eigenvalue weighted by atomic mass is 14.2. The monoisotopic (exact) mass is 298 g/mol. The first-order valence-electron chi connectivity index (χ1n) is 8.10. The molecule has 0 heterocycles. The van der Waals surface area contributed by atoms with E-state index in [2.05, 4.69) is 95.3 Å². The molecule has 2 unspecified atom stereocenters. The van der Waals surface area contributed by atoms with Gasteiger partial charge < -0.3 is 0 Å². The van der Waals surface area contributed by atoms with Crippen LogP contribution in [0.1, 0.15) is 71.4 Å². The molecule has 0 aliphatic rings. The lowest BCUT2D eigenvalue weighted by Crippen LogP contribution is -2.00. The number of rotatable bonds is 4. The van der Waals surface area contributed by atoms with Gasteiger partial charge in [0.2, 0.25) is 0 Å². The van der Waals surface area contributed by atoms with Crippen LogP contribution in [0.5, 0.6) is 0 Å². The third-order valence-corrected chi connectivity index (χ3v) is 3.44. The summed E-state index contributed by atoms with van der Waals surface area (Å²) >= 11 is 0. The van der Waals surface area contributed by atoms with E-state index in [9.17, 15) is 0 Å². The Balaban J connectivity index is 0.000000791. The highest BCUT2D eigenvalue weighted by Crippen LogP contribution is 2.28. The van der Waals surface area contributed by atoms with E-state index in [1.165, 1.54) is 17.5 Å².